The molecule has 0 aromatic heterocycles. The Balaban J connectivity index is 2.82. The zero-order valence-corrected chi connectivity index (χ0v) is 12.8. The van der Waals surface area contributed by atoms with E-state index in [0.29, 0.717) is 0 Å². The molecule has 0 radical (unpaired) electrons. The van der Waals surface area contributed by atoms with E-state index >= 15 is 0 Å². The van der Waals surface area contributed by atoms with Gasteiger partial charge in [-0.2, -0.15) is 0 Å². The first-order valence-electron chi connectivity index (χ1n) is 7.25. The van der Waals surface area contributed by atoms with Gasteiger partial charge in [-0.25, -0.2) is 4.39 Å². The maximum atomic E-state index is 12.8. The zero-order chi connectivity index (χ0) is 15.1. The number of rotatable bonds is 6. The van der Waals surface area contributed by atoms with Crippen LogP contribution in [-0.2, 0) is 4.79 Å². The van der Waals surface area contributed by atoms with Crippen molar-refractivity contribution in [3.05, 3.63) is 41.7 Å². The minimum Gasteiger partial charge on any atom is -0.334 e. The molecule has 0 aliphatic carbocycles. The first-order valence-corrected chi connectivity index (χ1v) is 7.25. The Kier molecular flexibility index (Phi) is 6.43. The largest absolute Gasteiger partial charge is 0.334 e. The maximum Gasteiger partial charge on any atom is 0.247 e. The van der Waals surface area contributed by atoms with Crippen LogP contribution < -0.4 is 0 Å². The Morgan fingerprint density at radius 2 is 1.65 bits per heavy atom. The molecule has 110 valence electrons. The van der Waals surface area contributed by atoms with Gasteiger partial charge in [0.2, 0.25) is 5.91 Å². The quantitative estimate of drug-likeness (QED) is 0.711. The molecule has 1 aromatic carbocycles. The maximum absolute atomic E-state index is 12.8. The highest BCUT2D eigenvalue weighted by Crippen LogP contribution is 2.13. The van der Waals surface area contributed by atoms with Crippen LogP contribution in [0.3, 0.4) is 0 Å². The smallest absolute Gasteiger partial charge is 0.247 e. The lowest BCUT2D eigenvalue weighted by Crippen LogP contribution is -2.43. The number of amides is 1. The van der Waals surface area contributed by atoms with Crippen molar-refractivity contribution >= 4 is 12.0 Å². The van der Waals surface area contributed by atoms with Gasteiger partial charge < -0.3 is 4.90 Å². The van der Waals surface area contributed by atoms with Crippen LogP contribution in [0.1, 0.15) is 46.1 Å². The van der Waals surface area contributed by atoms with E-state index in [2.05, 4.69) is 27.7 Å². The summed E-state index contributed by atoms with van der Waals surface area (Å²) < 4.78 is 12.8. The van der Waals surface area contributed by atoms with Crippen LogP contribution in [0.4, 0.5) is 4.39 Å². The van der Waals surface area contributed by atoms with Gasteiger partial charge in [0.05, 0.1) is 0 Å². The number of hydrogen-bond acceptors (Lipinski definition) is 1. The van der Waals surface area contributed by atoms with E-state index in [9.17, 15) is 9.18 Å². The lowest BCUT2D eigenvalue weighted by molar-refractivity contribution is -0.130. The summed E-state index contributed by atoms with van der Waals surface area (Å²) in [6, 6.07) is 6.55. The molecule has 0 aliphatic heterocycles. The van der Waals surface area contributed by atoms with E-state index in [-0.39, 0.29) is 23.8 Å². The zero-order valence-electron chi connectivity index (χ0n) is 12.8. The van der Waals surface area contributed by atoms with Crippen molar-refractivity contribution in [3.63, 3.8) is 0 Å². The van der Waals surface area contributed by atoms with Crippen molar-refractivity contribution in [2.24, 2.45) is 0 Å². The summed E-state index contributed by atoms with van der Waals surface area (Å²) in [4.78, 5) is 14.3. The van der Waals surface area contributed by atoms with Crippen LogP contribution in [0.2, 0.25) is 0 Å². The number of nitrogens with zero attached hydrogens (tertiary/aromatic N) is 1. The molecule has 3 heteroatoms. The molecule has 1 rings (SSSR count). The lowest BCUT2D eigenvalue weighted by Gasteiger charge is -2.33. The van der Waals surface area contributed by atoms with Gasteiger partial charge in [0.15, 0.2) is 0 Å². The third-order valence-corrected chi connectivity index (χ3v) is 3.67. The van der Waals surface area contributed by atoms with E-state index in [0.717, 1.165) is 18.4 Å². The van der Waals surface area contributed by atoms with Crippen LogP contribution in [0.25, 0.3) is 6.08 Å². The predicted molar refractivity (Wildman–Crippen MR) is 81.8 cm³/mol. The summed E-state index contributed by atoms with van der Waals surface area (Å²) in [6.45, 7) is 8.29. The summed E-state index contributed by atoms with van der Waals surface area (Å²) in [7, 11) is 0. The van der Waals surface area contributed by atoms with Crippen molar-refractivity contribution < 1.29 is 9.18 Å². The Hall–Kier alpha value is -1.64. The highest BCUT2D eigenvalue weighted by molar-refractivity contribution is 5.92. The minimum absolute atomic E-state index is 0.0121. The van der Waals surface area contributed by atoms with Gasteiger partial charge in [-0.1, -0.05) is 26.0 Å². The van der Waals surface area contributed by atoms with Crippen molar-refractivity contribution in [1.29, 1.82) is 0 Å². The topological polar surface area (TPSA) is 20.3 Å². The van der Waals surface area contributed by atoms with E-state index in [1.807, 2.05) is 4.90 Å². The third-order valence-electron chi connectivity index (χ3n) is 3.67. The molecule has 0 saturated heterocycles. The van der Waals surface area contributed by atoms with Crippen molar-refractivity contribution in [1.82, 2.24) is 4.90 Å². The fourth-order valence-corrected chi connectivity index (χ4v) is 2.09. The predicted octanol–water partition coefficient (Wildman–Crippen LogP) is 4.26. The number of halogens is 1. The first kappa shape index (κ1) is 16.4. The standard InChI is InChI=1S/C17H24FNO/c1-5-13(3)19(14(4)6-2)17(20)12-9-15-7-10-16(18)11-8-15/h7-14H,5-6H2,1-4H3/b12-9+. The van der Waals surface area contributed by atoms with E-state index in [1.54, 1.807) is 24.3 Å². The molecule has 2 nitrogen and oxygen atoms in total. The SMILES string of the molecule is CCC(C)N(C(=O)/C=C/c1ccc(F)cc1)C(C)CC. The normalized spacial score (nSPS) is 14.2. The molecule has 0 fully saturated rings. The molecule has 1 aromatic rings. The summed E-state index contributed by atoms with van der Waals surface area (Å²) in [5.74, 6) is -0.257. The fraction of sp³-hybridized carbons (Fsp3) is 0.471. The minimum atomic E-state index is -0.269. The van der Waals surface area contributed by atoms with Gasteiger partial charge in [-0.05, 0) is 50.5 Å². The van der Waals surface area contributed by atoms with Crippen LogP contribution in [0.5, 0.6) is 0 Å². The monoisotopic (exact) mass is 277 g/mol. The number of benzene rings is 1. The van der Waals surface area contributed by atoms with Gasteiger partial charge in [0.25, 0.3) is 0 Å². The molecule has 0 saturated carbocycles. The molecule has 20 heavy (non-hydrogen) atoms. The average Bonchev–Trinajstić information content (AvgIpc) is 2.46. The summed E-state index contributed by atoms with van der Waals surface area (Å²) >= 11 is 0. The van der Waals surface area contributed by atoms with Gasteiger partial charge >= 0.3 is 0 Å². The first-order chi connectivity index (χ1) is 9.49. The average molecular weight is 277 g/mol. The Morgan fingerprint density at radius 3 is 2.10 bits per heavy atom. The molecule has 0 N–H and O–H groups in total. The summed E-state index contributed by atoms with van der Waals surface area (Å²) in [5, 5.41) is 0. The molecule has 0 heterocycles. The Bertz CT molecular complexity index is 443. The second kappa shape index (κ2) is 7.83. The second-order valence-electron chi connectivity index (χ2n) is 5.14. The molecule has 1 amide bonds. The molecular formula is C17H24FNO. The third kappa shape index (κ3) is 4.48. The molecule has 0 bridgehead atoms. The van der Waals surface area contributed by atoms with Crippen molar-refractivity contribution in [3.8, 4) is 0 Å². The van der Waals surface area contributed by atoms with E-state index in [4.69, 9.17) is 0 Å². The van der Waals surface area contributed by atoms with Crippen LogP contribution in [0, 0.1) is 5.82 Å². The summed E-state index contributed by atoms with van der Waals surface area (Å²) in [6.07, 6.45) is 5.17. The Labute approximate surface area is 121 Å². The van der Waals surface area contributed by atoms with Gasteiger partial charge in [0.1, 0.15) is 5.82 Å². The van der Waals surface area contributed by atoms with E-state index in [1.165, 1.54) is 12.1 Å². The number of hydrogen-bond donors (Lipinski definition) is 0. The van der Waals surface area contributed by atoms with Crippen LogP contribution in [-0.4, -0.2) is 22.9 Å². The van der Waals surface area contributed by atoms with Gasteiger partial charge in [0, 0.05) is 18.2 Å². The molecule has 0 spiro atoms. The van der Waals surface area contributed by atoms with Crippen LogP contribution >= 0.6 is 0 Å². The lowest BCUT2D eigenvalue weighted by atomic mass is 10.1. The fourth-order valence-electron chi connectivity index (χ4n) is 2.09. The molecule has 2 unspecified atom stereocenters. The van der Waals surface area contributed by atoms with E-state index < -0.39 is 0 Å². The Morgan fingerprint density at radius 1 is 1.15 bits per heavy atom. The van der Waals surface area contributed by atoms with Gasteiger partial charge in [-0.15, -0.1) is 0 Å². The second-order valence-corrected chi connectivity index (χ2v) is 5.14. The number of carbonyl (C=O) groups is 1. The highest BCUT2D eigenvalue weighted by Gasteiger charge is 2.21. The summed E-state index contributed by atoms with van der Waals surface area (Å²) in [5.41, 5.74) is 0.827. The van der Waals surface area contributed by atoms with Crippen molar-refractivity contribution in [2.75, 3.05) is 0 Å². The highest BCUT2D eigenvalue weighted by atomic mass is 19.1. The molecular weight excluding hydrogens is 253 g/mol. The van der Waals surface area contributed by atoms with Gasteiger partial charge in [-0.3, -0.25) is 4.79 Å². The molecule has 0 aliphatic rings. The van der Waals surface area contributed by atoms with Crippen LogP contribution in [0.15, 0.2) is 30.3 Å². The van der Waals surface area contributed by atoms with Crippen molar-refractivity contribution in [2.45, 2.75) is 52.6 Å². The molecule has 2 atom stereocenters. The number of carbonyl (C=O) groups excluding carboxylic acids is 1.